The van der Waals surface area contributed by atoms with Crippen LogP contribution >= 0.6 is 0 Å². The highest BCUT2D eigenvalue weighted by Crippen LogP contribution is 2.47. The zero-order valence-electron chi connectivity index (χ0n) is 16.5. The van der Waals surface area contributed by atoms with E-state index in [1.54, 1.807) is 0 Å². The molecule has 2 aromatic rings. The Morgan fingerprint density at radius 2 is 1.59 bits per heavy atom. The highest BCUT2D eigenvalue weighted by molar-refractivity contribution is 6.13. The van der Waals surface area contributed by atoms with Crippen molar-refractivity contribution in [2.75, 3.05) is 5.32 Å². The summed E-state index contributed by atoms with van der Waals surface area (Å²) in [5, 5.41) is 6.07. The summed E-state index contributed by atoms with van der Waals surface area (Å²) in [6, 6.07) is 15.7. The molecule has 1 aliphatic carbocycles. The van der Waals surface area contributed by atoms with E-state index < -0.39 is 5.41 Å². The minimum atomic E-state index is -0.945. The van der Waals surface area contributed by atoms with Crippen LogP contribution in [-0.4, -0.2) is 11.8 Å². The highest BCUT2D eigenvalue weighted by Gasteiger charge is 2.56. The summed E-state index contributed by atoms with van der Waals surface area (Å²) in [5.41, 5.74) is 3.04. The number of hydrogen-bond donors (Lipinski definition) is 2. The summed E-state index contributed by atoms with van der Waals surface area (Å²) < 4.78 is 0. The molecule has 1 fully saturated rings. The van der Waals surface area contributed by atoms with E-state index in [9.17, 15) is 9.59 Å². The number of para-hydroxylation sites is 1. The molecule has 0 bridgehead atoms. The van der Waals surface area contributed by atoms with Crippen molar-refractivity contribution in [1.82, 2.24) is 5.32 Å². The second-order valence-electron chi connectivity index (χ2n) is 7.84. The molecule has 1 saturated carbocycles. The van der Waals surface area contributed by atoms with Gasteiger partial charge in [0.25, 0.3) is 0 Å². The summed E-state index contributed by atoms with van der Waals surface area (Å²) in [6.07, 6.45) is 1.18. The molecular weight excluding hydrogens is 336 g/mol. The highest BCUT2D eigenvalue weighted by atomic mass is 16.2. The lowest BCUT2D eigenvalue weighted by molar-refractivity contribution is -0.134. The lowest BCUT2D eigenvalue weighted by atomic mass is 9.97. The Morgan fingerprint density at radius 1 is 0.926 bits per heavy atom. The van der Waals surface area contributed by atoms with Gasteiger partial charge in [0.1, 0.15) is 5.41 Å². The molecule has 4 heteroatoms. The average Bonchev–Trinajstić information content (AvgIpc) is 3.46. The number of benzene rings is 2. The van der Waals surface area contributed by atoms with Gasteiger partial charge in [0, 0.05) is 5.69 Å². The first kappa shape index (κ1) is 19.2. The van der Waals surface area contributed by atoms with Crippen molar-refractivity contribution in [3.63, 3.8) is 0 Å². The molecule has 1 aliphatic rings. The van der Waals surface area contributed by atoms with Gasteiger partial charge in [-0.05, 0) is 49.3 Å². The van der Waals surface area contributed by atoms with E-state index in [2.05, 4.69) is 24.5 Å². The lowest BCUT2D eigenvalue weighted by Crippen LogP contribution is -2.41. The number of carbonyl (C=O) groups is 2. The van der Waals surface area contributed by atoms with Crippen molar-refractivity contribution in [2.45, 2.75) is 52.5 Å². The molecule has 0 aromatic heterocycles. The SMILES string of the molecule is Cc1cccc(C(C)C)c1NC(=O)C1(C(=O)NC(C)c2ccccc2)CC1. The van der Waals surface area contributed by atoms with Crippen LogP contribution in [-0.2, 0) is 9.59 Å². The molecule has 3 rings (SSSR count). The van der Waals surface area contributed by atoms with Gasteiger partial charge in [-0.15, -0.1) is 0 Å². The van der Waals surface area contributed by atoms with Crippen molar-refractivity contribution < 1.29 is 9.59 Å². The van der Waals surface area contributed by atoms with Crippen LogP contribution < -0.4 is 10.6 Å². The van der Waals surface area contributed by atoms with Gasteiger partial charge in [0.15, 0.2) is 0 Å². The third-order valence-electron chi connectivity index (χ3n) is 5.43. The number of rotatable bonds is 6. The lowest BCUT2D eigenvalue weighted by Gasteiger charge is -2.22. The molecule has 2 amide bonds. The summed E-state index contributed by atoms with van der Waals surface area (Å²) in [4.78, 5) is 25.9. The van der Waals surface area contributed by atoms with Crippen LogP contribution in [0.4, 0.5) is 5.69 Å². The van der Waals surface area contributed by atoms with Crippen LogP contribution in [0.25, 0.3) is 0 Å². The fourth-order valence-electron chi connectivity index (χ4n) is 3.42. The summed E-state index contributed by atoms with van der Waals surface area (Å²) in [5.74, 6) is -0.0882. The molecule has 2 N–H and O–H groups in total. The Morgan fingerprint density at radius 3 is 2.19 bits per heavy atom. The predicted octanol–water partition coefficient (Wildman–Crippen LogP) is 4.71. The number of carbonyl (C=O) groups excluding carboxylic acids is 2. The largest absolute Gasteiger partial charge is 0.349 e. The summed E-state index contributed by atoms with van der Waals surface area (Å²) in [6.45, 7) is 8.13. The van der Waals surface area contributed by atoms with Crippen molar-refractivity contribution in [3.05, 3.63) is 65.2 Å². The van der Waals surface area contributed by atoms with Gasteiger partial charge in [-0.3, -0.25) is 9.59 Å². The van der Waals surface area contributed by atoms with Crippen LogP contribution in [0.15, 0.2) is 48.5 Å². The molecule has 142 valence electrons. The fourth-order valence-corrected chi connectivity index (χ4v) is 3.42. The summed E-state index contributed by atoms with van der Waals surface area (Å²) in [7, 11) is 0. The first-order valence-electron chi connectivity index (χ1n) is 9.62. The van der Waals surface area contributed by atoms with Gasteiger partial charge in [0.2, 0.25) is 11.8 Å². The van der Waals surface area contributed by atoms with Gasteiger partial charge in [-0.25, -0.2) is 0 Å². The maximum atomic E-state index is 13.0. The second-order valence-corrected chi connectivity index (χ2v) is 7.84. The third kappa shape index (κ3) is 3.90. The van der Waals surface area contributed by atoms with E-state index in [-0.39, 0.29) is 17.9 Å². The monoisotopic (exact) mass is 364 g/mol. The first-order valence-corrected chi connectivity index (χ1v) is 9.62. The Hall–Kier alpha value is -2.62. The number of aryl methyl sites for hydroxylation is 1. The van der Waals surface area contributed by atoms with Crippen molar-refractivity contribution in [1.29, 1.82) is 0 Å². The molecule has 0 spiro atoms. The van der Waals surface area contributed by atoms with Gasteiger partial charge < -0.3 is 10.6 Å². The van der Waals surface area contributed by atoms with Crippen LogP contribution in [0.5, 0.6) is 0 Å². The van der Waals surface area contributed by atoms with Gasteiger partial charge in [-0.1, -0.05) is 62.4 Å². The quantitative estimate of drug-likeness (QED) is 0.729. The molecule has 0 heterocycles. The second kappa shape index (κ2) is 7.55. The Kier molecular flexibility index (Phi) is 5.36. The fraction of sp³-hybridized carbons (Fsp3) is 0.391. The van der Waals surface area contributed by atoms with Gasteiger partial charge in [0.05, 0.1) is 6.04 Å². The van der Waals surface area contributed by atoms with Crippen LogP contribution in [0, 0.1) is 12.3 Å². The van der Waals surface area contributed by atoms with Crippen LogP contribution in [0.1, 0.15) is 62.3 Å². The predicted molar refractivity (Wildman–Crippen MR) is 109 cm³/mol. The van der Waals surface area contributed by atoms with Gasteiger partial charge in [-0.2, -0.15) is 0 Å². The van der Waals surface area contributed by atoms with Crippen molar-refractivity contribution >= 4 is 17.5 Å². The van der Waals surface area contributed by atoms with Crippen molar-refractivity contribution in [2.24, 2.45) is 5.41 Å². The number of nitrogens with one attached hydrogen (secondary N) is 2. The Bertz CT molecular complexity index is 839. The molecule has 2 aromatic carbocycles. The minimum absolute atomic E-state index is 0.131. The molecule has 0 aliphatic heterocycles. The smallest absolute Gasteiger partial charge is 0.240 e. The topological polar surface area (TPSA) is 58.2 Å². The minimum Gasteiger partial charge on any atom is -0.349 e. The maximum absolute atomic E-state index is 13.0. The van der Waals surface area contributed by atoms with E-state index in [1.807, 2.05) is 62.4 Å². The third-order valence-corrected chi connectivity index (χ3v) is 5.43. The zero-order chi connectivity index (χ0) is 19.6. The number of amides is 2. The molecule has 0 saturated heterocycles. The molecule has 27 heavy (non-hydrogen) atoms. The molecule has 1 atom stereocenters. The molecule has 1 unspecified atom stereocenters. The average molecular weight is 364 g/mol. The molecule has 4 nitrogen and oxygen atoms in total. The Labute approximate surface area is 161 Å². The maximum Gasteiger partial charge on any atom is 0.240 e. The van der Waals surface area contributed by atoms with Crippen LogP contribution in [0.3, 0.4) is 0 Å². The zero-order valence-corrected chi connectivity index (χ0v) is 16.5. The van der Waals surface area contributed by atoms with Gasteiger partial charge >= 0.3 is 0 Å². The molecule has 0 radical (unpaired) electrons. The van der Waals surface area contributed by atoms with E-state index in [0.29, 0.717) is 18.8 Å². The van der Waals surface area contributed by atoms with E-state index in [4.69, 9.17) is 0 Å². The first-order chi connectivity index (χ1) is 12.8. The van der Waals surface area contributed by atoms with Crippen LogP contribution in [0.2, 0.25) is 0 Å². The standard InChI is InChI=1S/C23H28N2O2/c1-15(2)19-12-8-9-16(3)20(19)25-22(27)23(13-14-23)21(26)24-17(4)18-10-6-5-7-11-18/h5-12,15,17H,13-14H2,1-4H3,(H,24,26)(H,25,27). The number of anilines is 1. The normalized spacial score (nSPS) is 15.9. The van der Waals surface area contributed by atoms with E-state index >= 15 is 0 Å². The van der Waals surface area contributed by atoms with E-state index in [0.717, 1.165) is 22.4 Å². The molecular formula is C23H28N2O2. The Balaban J connectivity index is 1.74. The summed E-state index contributed by atoms with van der Waals surface area (Å²) >= 11 is 0. The van der Waals surface area contributed by atoms with Crippen molar-refractivity contribution in [3.8, 4) is 0 Å². The number of hydrogen-bond acceptors (Lipinski definition) is 2. The van der Waals surface area contributed by atoms with E-state index in [1.165, 1.54) is 0 Å².